The maximum absolute atomic E-state index is 5.78. The van der Waals surface area contributed by atoms with Crippen molar-refractivity contribution in [1.29, 1.82) is 0 Å². The van der Waals surface area contributed by atoms with Gasteiger partial charge in [-0.2, -0.15) is 0 Å². The monoisotopic (exact) mass is 202 g/mol. The summed E-state index contributed by atoms with van der Waals surface area (Å²) in [6.45, 7) is 1.16. The van der Waals surface area contributed by atoms with Crippen LogP contribution in [-0.2, 0) is 6.42 Å². The molecule has 4 heteroatoms. The van der Waals surface area contributed by atoms with E-state index < -0.39 is 0 Å². The van der Waals surface area contributed by atoms with E-state index in [1.54, 1.807) is 17.5 Å². The second kappa shape index (κ2) is 3.73. The molecular weight excluding hydrogens is 192 g/mol. The van der Waals surface area contributed by atoms with Crippen molar-refractivity contribution in [3.63, 3.8) is 0 Å². The van der Waals surface area contributed by atoms with Crippen LogP contribution in [0.25, 0.3) is 0 Å². The van der Waals surface area contributed by atoms with Gasteiger partial charge in [-0.15, -0.1) is 11.3 Å². The minimum absolute atomic E-state index is 0.632. The minimum Gasteiger partial charge on any atom is -0.314 e. The van der Waals surface area contributed by atoms with Crippen molar-refractivity contribution in [2.75, 3.05) is 6.54 Å². The van der Waals surface area contributed by atoms with Crippen molar-refractivity contribution in [2.24, 2.45) is 0 Å². The summed E-state index contributed by atoms with van der Waals surface area (Å²) in [7, 11) is 0. The Morgan fingerprint density at radius 2 is 2.67 bits per heavy atom. The summed E-state index contributed by atoms with van der Waals surface area (Å²) < 4.78 is 0.794. The number of hydrogen-bond acceptors (Lipinski definition) is 3. The molecule has 1 aromatic rings. The van der Waals surface area contributed by atoms with E-state index in [0.717, 1.165) is 22.3 Å². The van der Waals surface area contributed by atoms with Gasteiger partial charge in [-0.05, 0) is 19.4 Å². The third-order valence-corrected chi connectivity index (χ3v) is 3.25. The molecule has 1 aliphatic rings. The Hall–Kier alpha value is -0.120. The number of hydrogen-bond donors (Lipinski definition) is 1. The predicted octanol–water partition coefficient (Wildman–Crippen LogP) is 2.09. The molecule has 0 amide bonds. The number of rotatable bonds is 2. The van der Waals surface area contributed by atoms with Gasteiger partial charge >= 0.3 is 0 Å². The van der Waals surface area contributed by atoms with Gasteiger partial charge in [-0.3, -0.25) is 0 Å². The van der Waals surface area contributed by atoms with Crippen LogP contribution in [0.5, 0.6) is 0 Å². The normalized spacial score (nSPS) is 23.2. The topological polar surface area (TPSA) is 24.9 Å². The maximum Gasteiger partial charge on any atom is 0.113 e. The lowest BCUT2D eigenvalue weighted by Gasteiger charge is -2.05. The Bertz CT molecular complexity index is 255. The first-order chi connectivity index (χ1) is 5.84. The van der Waals surface area contributed by atoms with Crippen LogP contribution in [0.4, 0.5) is 0 Å². The fourth-order valence-electron chi connectivity index (χ4n) is 1.52. The average Bonchev–Trinajstić information content (AvgIpc) is 2.63. The molecule has 0 aromatic carbocycles. The lowest BCUT2D eigenvalue weighted by atomic mass is 10.2. The van der Waals surface area contributed by atoms with Crippen LogP contribution in [0.15, 0.2) is 6.20 Å². The summed E-state index contributed by atoms with van der Waals surface area (Å²) in [5, 5.41) is 4.59. The van der Waals surface area contributed by atoms with Gasteiger partial charge in [0.25, 0.3) is 0 Å². The summed E-state index contributed by atoms with van der Waals surface area (Å²) in [6, 6.07) is 0.632. The maximum atomic E-state index is 5.78. The molecule has 66 valence electrons. The highest BCUT2D eigenvalue weighted by Crippen LogP contribution is 2.21. The van der Waals surface area contributed by atoms with Crippen molar-refractivity contribution in [1.82, 2.24) is 10.3 Å². The molecule has 0 radical (unpaired) electrons. The lowest BCUT2D eigenvalue weighted by Crippen LogP contribution is -2.23. The number of thiazole rings is 1. The fraction of sp³-hybridized carbons (Fsp3) is 0.625. The van der Waals surface area contributed by atoms with Crippen molar-refractivity contribution < 1.29 is 0 Å². The highest BCUT2D eigenvalue weighted by atomic mass is 35.5. The third kappa shape index (κ3) is 1.97. The van der Waals surface area contributed by atoms with Gasteiger partial charge in [0.2, 0.25) is 0 Å². The summed E-state index contributed by atoms with van der Waals surface area (Å²) in [4.78, 5) is 4.23. The van der Waals surface area contributed by atoms with Crippen LogP contribution in [0.1, 0.15) is 17.8 Å². The first-order valence-electron chi connectivity index (χ1n) is 4.18. The molecule has 0 spiro atoms. The largest absolute Gasteiger partial charge is 0.314 e. The van der Waals surface area contributed by atoms with E-state index in [1.165, 1.54) is 12.8 Å². The second-order valence-electron chi connectivity index (χ2n) is 3.06. The quantitative estimate of drug-likeness (QED) is 0.795. The standard InChI is InChI=1S/C8H11ClN2S/c9-7-5-11-8(12-7)4-6-2-1-3-10-6/h5-6,10H,1-4H2. The van der Waals surface area contributed by atoms with Crippen LogP contribution in [0.3, 0.4) is 0 Å². The zero-order valence-corrected chi connectivity index (χ0v) is 8.29. The smallest absolute Gasteiger partial charge is 0.113 e. The molecule has 1 aromatic heterocycles. The van der Waals surface area contributed by atoms with Gasteiger partial charge in [0.15, 0.2) is 0 Å². The van der Waals surface area contributed by atoms with Gasteiger partial charge in [0, 0.05) is 12.5 Å². The molecule has 1 fully saturated rings. The zero-order chi connectivity index (χ0) is 8.39. The molecule has 12 heavy (non-hydrogen) atoms. The van der Waals surface area contributed by atoms with Gasteiger partial charge in [-0.1, -0.05) is 11.6 Å². The molecule has 2 heterocycles. The average molecular weight is 203 g/mol. The number of aromatic nitrogens is 1. The molecule has 2 rings (SSSR count). The Morgan fingerprint density at radius 3 is 3.25 bits per heavy atom. The van der Waals surface area contributed by atoms with E-state index in [4.69, 9.17) is 11.6 Å². The highest BCUT2D eigenvalue weighted by Gasteiger charge is 2.15. The molecule has 1 saturated heterocycles. The molecule has 1 atom stereocenters. The van der Waals surface area contributed by atoms with E-state index in [-0.39, 0.29) is 0 Å². The van der Waals surface area contributed by atoms with Crippen LogP contribution in [-0.4, -0.2) is 17.6 Å². The van der Waals surface area contributed by atoms with Gasteiger partial charge in [0.1, 0.15) is 4.34 Å². The number of nitrogens with one attached hydrogen (secondary N) is 1. The summed E-state index contributed by atoms with van der Waals surface area (Å²) >= 11 is 7.37. The van der Waals surface area contributed by atoms with Crippen LogP contribution in [0.2, 0.25) is 4.34 Å². The van der Waals surface area contributed by atoms with Crippen molar-refractivity contribution in [3.05, 3.63) is 15.5 Å². The number of halogens is 1. The summed E-state index contributed by atoms with van der Waals surface area (Å²) in [6.07, 6.45) is 5.34. The van der Waals surface area contributed by atoms with Crippen LogP contribution >= 0.6 is 22.9 Å². The predicted molar refractivity (Wildman–Crippen MR) is 51.9 cm³/mol. The van der Waals surface area contributed by atoms with E-state index >= 15 is 0 Å². The van der Waals surface area contributed by atoms with E-state index in [0.29, 0.717) is 6.04 Å². The van der Waals surface area contributed by atoms with E-state index in [2.05, 4.69) is 10.3 Å². The van der Waals surface area contributed by atoms with Crippen LogP contribution < -0.4 is 5.32 Å². The SMILES string of the molecule is Clc1cnc(CC2CCCN2)s1. The van der Waals surface area contributed by atoms with Gasteiger partial charge in [-0.25, -0.2) is 4.98 Å². The molecule has 0 bridgehead atoms. The first kappa shape index (κ1) is 8.48. The Balaban J connectivity index is 1.94. The Kier molecular flexibility index (Phi) is 2.63. The molecule has 0 aliphatic carbocycles. The first-order valence-corrected chi connectivity index (χ1v) is 5.37. The Labute approximate surface area is 81.0 Å². The van der Waals surface area contributed by atoms with Gasteiger partial charge < -0.3 is 5.32 Å². The lowest BCUT2D eigenvalue weighted by molar-refractivity contribution is 0.601. The fourth-order valence-corrected chi connectivity index (χ4v) is 2.56. The number of nitrogens with zero attached hydrogens (tertiary/aromatic N) is 1. The van der Waals surface area contributed by atoms with E-state index in [1.807, 2.05) is 0 Å². The summed E-state index contributed by atoms with van der Waals surface area (Å²) in [5.74, 6) is 0. The molecule has 1 N–H and O–H groups in total. The molecular formula is C8H11ClN2S. The molecule has 1 unspecified atom stereocenters. The van der Waals surface area contributed by atoms with Crippen LogP contribution in [0, 0.1) is 0 Å². The zero-order valence-electron chi connectivity index (χ0n) is 6.72. The molecule has 0 saturated carbocycles. The van der Waals surface area contributed by atoms with Crippen molar-refractivity contribution >= 4 is 22.9 Å². The molecule has 1 aliphatic heterocycles. The van der Waals surface area contributed by atoms with E-state index in [9.17, 15) is 0 Å². The molecule has 2 nitrogen and oxygen atoms in total. The van der Waals surface area contributed by atoms with Crippen molar-refractivity contribution in [2.45, 2.75) is 25.3 Å². The summed E-state index contributed by atoms with van der Waals surface area (Å²) in [5.41, 5.74) is 0. The second-order valence-corrected chi connectivity index (χ2v) is 4.80. The highest BCUT2D eigenvalue weighted by molar-refractivity contribution is 7.15. The Morgan fingerprint density at radius 1 is 1.75 bits per heavy atom. The minimum atomic E-state index is 0.632. The third-order valence-electron chi connectivity index (χ3n) is 2.11. The van der Waals surface area contributed by atoms with Crippen molar-refractivity contribution in [3.8, 4) is 0 Å². The van der Waals surface area contributed by atoms with Gasteiger partial charge in [0.05, 0.1) is 11.2 Å².